The molecule has 8 atom stereocenters. The summed E-state index contributed by atoms with van der Waals surface area (Å²) in [6.45, 7) is 3.60. The number of aliphatic hydroxyl groups is 1. The fourth-order valence-electron chi connectivity index (χ4n) is 7.75. The van der Waals surface area contributed by atoms with E-state index in [0.717, 1.165) is 31.1 Å². The molecule has 0 amide bonds. The fourth-order valence-corrected chi connectivity index (χ4v) is 7.75. The summed E-state index contributed by atoms with van der Waals surface area (Å²) in [5, 5.41) is 10.4. The van der Waals surface area contributed by atoms with Crippen LogP contribution in [0.2, 0.25) is 0 Å². The molecule has 0 radical (unpaired) electrons. The number of fused-ring (bicyclic) bond motifs is 5. The predicted octanol–water partition coefficient (Wildman–Crippen LogP) is 4.54. The van der Waals surface area contributed by atoms with Crippen LogP contribution >= 0.6 is 0 Å². The normalized spacial score (nSPS) is 53.8. The van der Waals surface area contributed by atoms with Crippen LogP contribution in [0.15, 0.2) is 0 Å². The predicted molar refractivity (Wildman–Crippen MR) is 92.2 cm³/mol. The molecule has 4 aliphatic carbocycles. The lowest BCUT2D eigenvalue weighted by molar-refractivity contribution is -0.131. The molecular weight excluding hydrogens is 303 g/mol. The first kappa shape index (κ1) is 17.0. The van der Waals surface area contributed by atoms with Gasteiger partial charge in [-0.2, -0.15) is 0 Å². The second-order valence-electron chi connectivity index (χ2n) is 9.82. The summed E-state index contributed by atoms with van der Waals surface area (Å²) in [4.78, 5) is 12.1. The Morgan fingerprint density at radius 2 is 1.79 bits per heavy atom. The summed E-state index contributed by atoms with van der Waals surface area (Å²) in [5.41, 5.74) is -0.807. The molecule has 1 N–H and O–H groups in total. The SMILES string of the molecule is CC(=O)C1CCC2C3CCC4CC(O)(CF)CCC4C3CCC12C. The Bertz CT molecular complexity index is 520. The zero-order chi connectivity index (χ0) is 17.1. The molecule has 0 saturated heterocycles. The smallest absolute Gasteiger partial charge is 0.133 e. The Morgan fingerprint density at radius 3 is 2.50 bits per heavy atom. The van der Waals surface area contributed by atoms with Crippen molar-refractivity contribution in [3.05, 3.63) is 0 Å². The third kappa shape index (κ3) is 2.40. The van der Waals surface area contributed by atoms with Crippen molar-refractivity contribution in [1.82, 2.24) is 0 Å². The van der Waals surface area contributed by atoms with Gasteiger partial charge in [-0.05, 0) is 99.7 Å². The van der Waals surface area contributed by atoms with Crippen LogP contribution in [0.3, 0.4) is 0 Å². The minimum atomic E-state index is -1.04. The number of hydrogen-bond acceptors (Lipinski definition) is 2. The second-order valence-corrected chi connectivity index (χ2v) is 9.82. The van der Waals surface area contributed by atoms with Crippen LogP contribution in [0, 0.1) is 40.9 Å². The zero-order valence-corrected chi connectivity index (χ0v) is 15.3. The van der Waals surface area contributed by atoms with Gasteiger partial charge in [0.1, 0.15) is 12.5 Å². The van der Waals surface area contributed by atoms with Crippen molar-refractivity contribution in [3.8, 4) is 0 Å². The Morgan fingerprint density at radius 1 is 1.04 bits per heavy atom. The van der Waals surface area contributed by atoms with Gasteiger partial charge >= 0.3 is 0 Å². The highest BCUT2D eigenvalue weighted by atomic mass is 19.1. The highest BCUT2D eigenvalue weighted by Gasteiger charge is 2.58. The minimum Gasteiger partial charge on any atom is -0.387 e. The van der Waals surface area contributed by atoms with Gasteiger partial charge < -0.3 is 5.11 Å². The minimum absolute atomic E-state index is 0.230. The summed E-state index contributed by atoms with van der Waals surface area (Å²) < 4.78 is 13.2. The van der Waals surface area contributed by atoms with E-state index in [1.807, 2.05) is 0 Å². The zero-order valence-electron chi connectivity index (χ0n) is 15.3. The molecule has 0 aliphatic heterocycles. The highest BCUT2D eigenvalue weighted by molar-refractivity contribution is 5.79. The van der Waals surface area contributed by atoms with Crippen molar-refractivity contribution in [2.24, 2.45) is 40.9 Å². The number of hydrogen-bond donors (Lipinski definition) is 1. The third-order valence-corrected chi connectivity index (χ3v) is 8.84. The van der Waals surface area contributed by atoms with E-state index in [-0.39, 0.29) is 11.3 Å². The highest BCUT2D eigenvalue weighted by Crippen LogP contribution is 2.64. The van der Waals surface area contributed by atoms with E-state index >= 15 is 0 Å². The molecule has 24 heavy (non-hydrogen) atoms. The number of rotatable bonds is 2. The molecule has 0 aromatic rings. The molecule has 0 heterocycles. The van der Waals surface area contributed by atoms with Gasteiger partial charge in [-0.15, -0.1) is 0 Å². The van der Waals surface area contributed by atoms with Gasteiger partial charge in [0.2, 0.25) is 0 Å². The van der Waals surface area contributed by atoms with Crippen LogP contribution in [0.4, 0.5) is 4.39 Å². The van der Waals surface area contributed by atoms with E-state index in [2.05, 4.69) is 6.92 Å². The van der Waals surface area contributed by atoms with Crippen molar-refractivity contribution in [3.63, 3.8) is 0 Å². The molecule has 4 rings (SSSR count). The first-order chi connectivity index (χ1) is 11.4. The maximum atomic E-state index is 13.2. The van der Waals surface area contributed by atoms with Gasteiger partial charge in [0.05, 0.1) is 5.60 Å². The summed E-state index contributed by atoms with van der Waals surface area (Å²) in [6, 6.07) is 0. The first-order valence-corrected chi connectivity index (χ1v) is 10.2. The monoisotopic (exact) mass is 336 g/mol. The van der Waals surface area contributed by atoms with Gasteiger partial charge in [0, 0.05) is 5.92 Å². The van der Waals surface area contributed by atoms with Crippen LogP contribution in [-0.2, 0) is 4.79 Å². The molecule has 0 spiro atoms. The topological polar surface area (TPSA) is 37.3 Å². The van der Waals surface area contributed by atoms with Crippen LogP contribution in [0.25, 0.3) is 0 Å². The molecular formula is C21H33FO2. The largest absolute Gasteiger partial charge is 0.387 e. The van der Waals surface area contributed by atoms with Crippen LogP contribution in [-0.4, -0.2) is 23.2 Å². The number of ketones is 1. The average molecular weight is 336 g/mol. The van der Waals surface area contributed by atoms with E-state index in [1.165, 1.54) is 25.7 Å². The molecule has 136 valence electrons. The Kier molecular flexibility index (Phi) is 4.10. The van der Waals surface area contributed by atoms with E-state index in [0.29, 0.717) is 36.4 Å². The fraction of sp³-hybridized carbons (Fsp3) is 0.952. The Labute approximate surface area is 145 Å². The van der Waals surface area contributed by atoms with Gasteiger partial charge in [-0.1, -0.05) is 6.92 Å². The molecule has 4 saturated carbocycles. The lowest BCUT2D eigenvalue weighted by Crippen LogP contribution is -2.51. The number of carbonyl (C=O) groups is 1. The van der Waals surface area contributed by atoms with Crippen molar-refractivity contribution in [2.75, 3.05) is 6.67 Å². The van der Waals surface area contributed by atoms with Gasteiger partial charge in [0.15, 0.2) is 0 Å². The van der Waals surface area contributed by atoms with Crippen molar-refractivity contribution in [1.29, 1.82) is 0 Å². The van der Waals surface area contributed by atoms with Gasteiger partial charge in [0.25, 0.3) is 0 Å². The maximum absolute atomic E-state index is 13.2. The number of halogens is 1. The van der Waals surface area contributed by atoms with E-state index < -0.39 is 12.3 Å². The molecule has 0 bridgehead atoms. The second kappa shape index (κ2) is 5.79. The Balaban J connectivity index is 1.54. The van der Waals surface area contributed by atoms with Crippen molar-refractivity contribution >= 4 is 5.78 Å². The molecule has 4 fully saturated rings. The number of alkyl halides is 1. The van der Waals surface area contributed by atoms with Crippen LogP contribution < -0.4 is 0 Å². The van der Waals surface area contributed by atoms with Crippen LogP contribution in [0.5, 0.6) is 0 Å². The third-order valence-electron chi connectivity index (χ3n) is 8.84. The molecule has 3 heteroatoms. The van der Waals surface area contributed by atoms with E-state index in [1.54, 1.807) is 6.92 Å². The quantitative estimate of drug-likeness (QED) is 0.803. The summed E-state index contributed by atoms with van der Waals surface area (Å²) in [6.07, 6.45) is 9.48. The molecule has 4 aliphatic rings. The van der Waals surface area contributed by atoms with Crippen LogP contribution in [0.1, 0.15) is 71.6 Å². The molecule has 8 unspecified atom stereocenters. The van der Waals surface area contributed by atoms with Gasteiger partial charge in [-0.3, -0.25) is 4.79 Å². The standard InChI is InChI=1S/C21H33FO2/c1-13(23)18-5-6-19-17-4-3-14-11-21(24,12-22)10-8-15(14)16(17)7-9-20(18,19)2/h14-19,24H,3-12H2,1-2H3. The Hall–Kier alpha value is -0.440. The first-order valence-electron chi connectivity index (χ1n) is 10.2. The lowest BCUT2D eigenvalue weighted by atomic mass is 9.49. The maximum Gasteiger partial charge on any atom is 0.133 e. The number of carbonyl (C=O) groups excluding carboxylic acids is 1. The van der Waals surface area contributed by atoms with Gasteiger partial charge in [-0.25, -0.2) is 4.39 Å². The summed E-state index contributed by atoms with van der Waals surface area (Å²) >= 11 is 0. The van der Waals surface area contributed by atoms with E-state index in [9.17, 15) is 14.3 Å². The van der Waals surface area contributed by atoms with Crippen molar-refractivity contribution in [2.45, 2.75) is 77.2 Å². The lowest BCUT2D eigenvalue weighted by Gasteiger charge is -2.56. The van der Waals surface area contributed by atoms with E-state index in [4.69, 9.17) is 0 Å². The summed E-state index contributed by atoms with van der Waals surface area (Å²) in [5.74, 6) is 4.14. The molecule has 0 aromatic heterocycles. The molecule has 0 aromatic carbocycles. The molecule has 2 nitrogen and oxygen atoms in total. The van der Waals surface area contributed by atoms with Crippen molar-refractivity contribution < 1.29 is 14.3 Å². The number of Topliss-reactive ketones (excluding diaryl/α,β-unsaturated/α-hetero) is 1. The summed E-state index contributed by atoms with van der Waals surface area (Å²) in [7, 11) is 0. The average Bonchev–Trinajstić information content (AvgIpc) is 2.91.